The zero-order chi connectivity index (χ0) is 18.1. The van der Waals surface area contributed by atoms with E-state index in [2.05, 4.69) is 9.97 Å². The molecule has 0 unspecified atom stereocenters. The van der Waals surface area contributed by atoms with Gasteiger partial charge in [0.2, 0.25) is 5.91 Å². The summed E-state index contributed by atoms with van der Waals surface area (Å²) >= 11 is 0. The molecule has 0 atom stereocenters. The number of aryl methyl sites for hydroxylation is 1. The van der Waals surface area contributed by atoms with Gasteiger partial charge >= 0.3 is 0 Å². The predicted octanol–water partition coefficient (Wildman–Crippen LogP) is 1.56. The van der Waals surface area contributed by atoms with Crippen molar-refractivity contribution in [1.82, 2.24) is 19.4 Å². The number of hydrogen-bond acceptors (Lipinski definition) is 5. The highest BCUT2D eigenvalue weighted by atomic mass is 16.2. The quantitative estimate of drug-likeness (QED) is 0.817. The van der Waals surface area contributed by atoms with E-state index >= 15 is 0 Å². The molecule has 2 aliphatic rings. The summed E-state index contributed by atoms with van der Waals surface area (Å²) in [5.74, 6) is 0.847. The highest BCUT2D eigenvalue weighted by Gasteiger charge is 2.30. The van der Waals surface area contributed by atoms with Gasteiger partial charge in [0, 0.05) is 45.3 Å². The number of anilines is 1. The van der Waals surface area contributed by atoms with E-state index in [1.54, 1.807) is 17.8 Å². The van der Waals surface area contributed by atoms with E-state index < -0.39 is 0 Å². The molecule has 26 heavy (non-hydrogen) atoms. The molecule has 7 heteroatoms. The molecule has 0 bridgehead atoms. The van der Waals surface area contributed by atoms with Crippen LogP contribution in [0.2, 0.25) is 0 Å². The zero-order valence-electron chi connectivity index (χ0n) is 15.2. The van der Waals surface area contributed by atoms with Gasteiger partial charge in [-0.15, -0.1) is 0 Å². The van der Waals surface area contributed by atoms with Crippen molar-refractivity contribution in [1.29, 1.82) is 0 Å². The Morgan fingerprint density at radius 2 is 1.85 bits per heavy atom. The van der Waals surface area contributed by atoms with E-state index in [-0.39, 0.29) is 11.5 Å². The monoisotopic (exact) mass is 355 g/mol. The molecular formula is C19H25N5O2. The first-order valence-corrected chi connectivity index (χ1v) is 9.50. The molecule has 138 valence electrons. The molecule has 0 aliphatic carbocycles. The van der Waals surface area contributed by atoms with E-state index in [9.17, 15) is 9.59 Å². The van der Waals surface area contributed by atoms with Crippen molar-refractivity contribution in [3.63, 3.8) is 0 Å². The standard InChI is InChI=1S/C19H25N5O2/c1-22-16-15(6-5-9-20-16)21-17(19(22)26)23-12-7-14(8-13-23)18(25)24-10-3-2-4-11-24/h5-6,9,14H,2-4,7-8,10-13H2,1H3. The van der Waals surface area contributed by atoms with Gasteiger partial charge in [-0.3, -0.25) is 14.2 Å². The Morgan fingerprint density at radius 1 is 1.12 bits per heavy atom. The minimum absolute atomic E-state index is 0.0790. The molecule has 1 amide bonds. The van der Waals surface area contributed by atoms with Crippen LogP contribution in [0.25, 0.3) is 11.2 Å². The van der Waals surface area contributed by atoms with E-state index in [1.165, 1.54) is 6.42 Å². The largest absolute Gasteiger partial charge is 0.352 e. The summed E-state index contributed by atoms with van der Waals surface area (Å²) in [7, 11) is 1.73. The van der Waals surface area contributed by atoms with Crippen molar-refractivity contribution in [2.24, 2.45) is 13.0 Å². The van der Waals surface area contributed by atoms with Gasteiger partial charge in [-0.1, -0.05) is 0 Å². The Morgan fingerprint density at radius 3 is 2.58 bits per heavy atom. The molecule has 2 aliphatic heterocycles. The Labute approximate surface area is 152 Å². The predicted molar refractivity (Wildman–Crippen MR) is 100 cm³/mol. The van der Waals surface area contributed by atoms with Crippen LogP contribution in [0.3, 0.4) is 0 Å². The molecule has 7 nitrogen and oxygen atoms in total. The van der Waals surface area contributed by atoms with Gasteiger partial charge in [-0.2, -0.15) is 0 Å². The minimum atomic E-state index is -0.128. The molecule has 2 saturated heterocycles. The van der Waals surface area contributed by atoms with Crippen molar-refractivity contribution in [2.75, 3.05) is 31.1 Å². The lowest BCUT2D eigenvalue weighted by molar-refractivity contribution is -0.137. The van der Waals surface area contributed by atoms with Crippen LogP contribution in [0.4, 0.5) is 5.82 Å². The lowest BCUT2D eigenvalue weighted by Gasteiger charge is -2.35. The molecule has 2 aromatic rings. The summed E-state index contributed by atoms with van der Waals surface area (Å²) in [6.45, 7) is 3.19. The lowest BCUT2D eigenvalue weighted by atomic mass is 9.94. The second-order valence-electron chi connectivity index (χ2n) is 7.29. The van der Waals surface area contributed by atoms with Gasteiger partial charge in [-0.25, -0.2) is 9.97 Å². The number of likely N-dealkylation sites (tertiary alicyclic amines) is 1. The van der Waals surface area contributed by atoms with Gasteiger partial charge in [-0.05, 0) is 44.2 Å². The van der Waals surface area contributed by atoms with Crippen molar-refractivity contribution in [3.05, 3.63) is 28.7 Å². The van der Waals surface area contributed by atoms with Crippen molar-refractivity contribution in [3.8, 4) is 0 Å². The van der Waals surface area contributed by atoms with Gasteiger partial charge in [0.05, 0.1) is 0 Å². The molecule has 4 heterocycles. The maximum absolute atomic E-state index is 12.7. The number of carbonyl (C=O) groups is 1. The first kappa shape index (κ1) is 17.0. The van der Waals surface area contributed by atoms with E-state index in [4.69, 9.17) is 0 Å². The van der Waals surface area contributed by atoms with E-state index in [0.717, 1.165) is 44.3 Å². The Kier molecular flexibility index (Phi) is 4.61. The SMILES string of the molecule is Cn1c(=O)c(N2CCC(C(=O)N3CCCCC3)CC2)nc2cccnc21. The smallest absolute Gasteiger partial charge is 0.294 e. The van der Waals surface area contributed by atoms with Crippen LogP contribution in [0.15, 0.2) is 23.1 Å². The number of amides is 1. The molecule has 4 rings (SSSR count). The highest BCUT2D eigenvalue weighted by molar-refractivity contribution is 5.79. The number of aromatic nitrogens is 3. The maximum atomic E-state index is 12.7. The zero-order valence-corrected chi connectivity index (χ0v) is 15.2. The summed E-state index contributed by atoms with van der Waals surface area (Å²) in [5.41, 5.74) is 1.18. The van der Waals surface area contributed by atoms with Crippen LogP contribution in [0, 0.1) is 5.92 Å². The topological polar surface area (TPSA) is 71.3 Å². The number of carbonyl (C=O) groups excluding carboxylic acids is 1. The first-order chi connectivity index (χ1) is 12.6. The average molecular weight is 355 g/mol. The Hall–Kier alpha value is -2.44. The summed E-state index contributed by atoms with van der Waals surface area (Å²) in [6, 6.07) is 3.70. The number of pyridine rings is 1. The highest BCUT2D eigenvalue weighted by Crippen LogP contribution is 2.24. The Balaban J connectivity index is 1.50. The molecule has 0 radical (unpaired) electrons. The molecule has 0 aromatic carbocycles. The summed E-state index contributed by atoms with van der Waals surface area (Å²) < 4.78 is 1.56. The lowest BCUT2D eigenvalue weighted by Crippen LogP contribution is -2.45. The number of rotatable bonds is 2. The minimum Gasteiger partial charge on any atom is -0.352 e. The number of fused-ring (bicyclic) bond motifs is 1. The fraction of sp³-hybridized carbons (Fsp3) is 0.579. The van der Waals surface area contributed by atoms with Gasteiger partial charge in [0.15, 0.2) is 11.5 Å². The third-order valence-corrected chi connectivity index (χ3v) is 5.62. The first-order valence-electron chi connectivity index (χ1n) is 9.50. The summed E-state index contributed by atoms with van der Waals surface area (Å²) in [5, 5.41) is 0. The van der Waals surface area contributed by atoms with E-state index in [1.807, 2.05) is 21.9 Å². The number of hydrogen-bond donors (Lipinski definition) is 0. The fourth-order valence-corrected chi connectivity index (χ4v) is 4.06. The average Bonchev–Trinajstić information content (AvgIpc) is 2.71. The summed E-state index contributed by atoms with van der Waals surface area (Å²) in [6.07, 6.45) is 6.71. The third kappa shape index (κ3) is 3.06. The fourth-order valence-electron chi connectivity index (χ4n) is 4.06. The number of nitrogens with zero attached hydrogens (tertiary/aromatic N) is 5. The maximum Gasteiger partial charge on any atom is 0.294 e. The van der Waals surface area contributed by atoms with Crippen molar-refractivity contribution in [2.45, 2.75) is 32.1 Å². The van der Waals surface area contributed by atoms with Gasteiger partial charge < -0.3 is 9.80 Å². The van der Waals surface area contributed by atoms with Crippen LogP contribution in [0.5, 0.6) is 0 Å². The van der Waals surface area contributed by atoms with Gasteiger partial charge in [0.25, 0.3) is 5.56 Å². The van der Waals surface area contributed by atoms with Crippen LogP contribution >= 0.6 is 0 Å². The van der Waals surface area contributed by atoms with E-state index in [0.29, 0.717) is 30.5 Å². The second kappa shape index (κ2) is 7.05. The normalized spacial score (nSPS) is 19.1. The molecule has 0 spiro atoms. The number of piperidine rings is 2. The molecule has 0 N–H and O–H groups in total. The Bertz CT molecular complexity index is 864. The van der Waals surface area contributed by atoms with Crippen LogP contribution < -0.4 is 10.5 Å². The third-order valence-electron chi connectivity index (χ3n) is 5.62. The van der Waals surface area contributed by atoms with Crippen molar-refractivity contribution >= 4 is 22.9 Å². The molecule has 2 aromatic heterocycles. The van der Waals surface area contributed by atoms with Gasteiger partial charge in [0.1, 0.15) is 5.52 Å². The van der Waals surface area contributed by atoms with Crippen LogP contribution in [0.1, 0.15) is 32.1 Å². The summed E-state index contributed by atoms with van der Waals surface area (Å²) in [4.78, 5) is 38.3. The molecule has 2 fully saturated rings. The van der Waals surface area contributed by atoms with Crippen LogP contribution in [-0.4, -0.2) is 51.5 Å². The molecular weight excluding hydrogens is 330 g/mol. The van der Waals surface area contributed by atoms with Crippen LogP contribution in [-0.2, 0) is 11.8 Å². The molecule has 0 saturated carbocycles. The second-order valence-corrected chi connectivity index (χ2v) is 7.29. The van der Waals surface area contributed by atoms with Crippen molar-refractivity contribution < 1.29 is 4.79 Å².